The Morgan fingerprint density at radius 1 is 1.50 bits per heavy atom. The molecular weight excluding hydrogens is 182 g/mol. The van der Waals surface area contributed by atoms with E-state index in [1.807, 2.05) is 0 Å². The summed E-state index contributed by atoms with van der Waals surface area (Å²) in [5.74, 6) is -0.488. The summed E-state index contributed by atoms with van der Waals surface area (Å²) in [5, 5.41) is 8.75. The van der Waals surface area contributed by atoms with Crippen LogP contribution in [0, 0.1) is 0 Å². The third-order valence-corrected chi connectivity index (χ3v) is 2.08. The number of aromatic carboxylic acids is 1. The lowest BCUT2D eigenvalue weighted by atomic mass is 10.2. The number of carbonyl (C=O) groups is 1. The van der Waals surface area contributed by atoms with E-state index in [9.17, 15) is 4.79 Å². The molecular formula is C10H11NO3. The van der Waals surface area contributed by atoms with Crippen LogP contribution in [0.4, 0.5) is 5.69 Å². The van der Waals surface area contributed by atoms with E-state index in [1.165, 1.54) is 12.1 Å². The quantitative estimate of drug-likeness (QED) is 0.713. The highest BCUT2D eigenvalue weighted by Crippen LogP contribution is 2.31. The first kappa shape index (κ1) is 8.87. The Morgan fingerprint density at radius 2 is 2.21 bits per heavy atom. The average Bonchev–Trinajstić information content (AvgIpc) is 2.92. The van der Waals surface area contributed by atoms with Crippen LogP contribution in [0.1, 0.15) is 23.2 Å². The van der Waals surface area contributed by atoms with Gasteiger partial charge in [-0.05, 0) is 31.0 Å². The summed E-state index contributed by atoms with van der Waals surface area (Å²) in [7, 11) is 0. The molecule has 74 valence electrons. The van der Waals surface area contributed by atoms with Gasteiger partial charge >= 0.3 is 5.97 Å². The Kier molecular flexibility index (Phi) is 2.04. The Bertz CT molecular complexity index is 372. The number of carboxylic acid groups (broad SMARTS) is 1. The zero-order valence-corrected chi connectivity index (χ0v) is 7.56. The second kappa shape index (κ2) is 3.21. The monoisotopic (exact) mass is 193 g/mol. The first-order valence-corrected chi connectivity index (χ1v) is 4.46. The fourth-order valence-corrected chi connectivity index (χ4v) is 1.13. The number of rotatable bonds is 3. The fourth-order valence-electron chi connectivity index (χ4n) is 1.13. The standard InChI is InChI=1S/C10H11NO3/c11-8-4-1-6(10(12)13)5-9(8)14-7-2-3-7/h1,4-5,7H,2-3,11H2,(H,12,13). The predicted molar refractivity (Wildman–Crippen MR) is 51.5 cm³/mol. The van der Waals surface area contributed by atoms with Gasteiger partial charge in [0.15, 0.2) is 0 Å². The van der Waals surface area contributed by atoms with Crippen LogP contribution in [-0.2, 0) is 0 Å². The number of carboxylic acids is 1. The summed E-state index contributed by atoms with van der Waals surface area (Å²) in [5.41, 5.74) is 6.34. The zero-order valence-electron chi connectivity index (χ0n) is 7.56. The Morgan fingerprint density at radius 3 is 2.79 bits per heavy atom. The second-order valence-corrected chi connectivity index (χ2v) is 3.37. The Labute approximate surface area is 81.3 Å². The van der Waals surface area contributed by atoms with Gasteiger partial charge in [0.05, 0.1) is 17.4 Å². The molecule has 1 saturated carbocycles. The summed E-state index contributed by atoms with van der Waals surface area (Å²) >= 11 is 0. The smallest absolute Gasteiger partial charge is 0.335 e. The van der Waals surface area contributed by atoms with E-state index in [0.29, 0.717) is 11.4 Å². The summed E-state index contributed by atoms with van der Waals surface area (Å²) in [6, 6.07) is 4.49. The Hall–Kier alpha value is -1.71. The second-order valence-electron chi connectivity index (χ2n) is 3.37. The number of anilines is 1. The number of nitrogen functional groups attached to an aromatic ring is 1. The number of hydrogen-bond acceptors (Lipinski definition) is 3. The molecule has 0 spiro atoms. The van der Waals surface area contributed by atoms with Gasteiger partial charge in [0.25, 0.3) is 0 Å². The fraction of sp³-hybridized carbons (Fsp3) is 0.300. The van der Waals surface area contributed by atoms with Gasteiger partial charge < -0.3 is 15.6 Å². The SMILES string of the molecule is Nc1ccc(C(=O)O)cc1OC1CC1. The maximum absolute atomic E-state index is 10.7. The van der Waals surface area contributed by atoms with E-state index in [4.69, 9.17) is 15.6 Å². The van der Waals surface area contributed by atoms with Crippen LogP contribution in [0.2, 0.25) is 0 Å². The lowest BCUT2D eigenvalue weighted by Gasteiger charge is -2.07. The minimum absolute atomic E-state index is 0.204. The number of benzene rings is 1. The number of ether oxygens (including phenoxy) is 1. The first-order valence-electron chi connectivity index (χ1n) is 4.46. The van der Waals surface area contributed by atoms with Crippen molar-refractivity contribution >= 4 is 11.7 Å². The van der Waals surface area contributed by atoms with Gasteiger partial charge in [0.1, 0.15) is 5.75 Å². The van der Waals surface area contributed by atoms with Crippen molar-refractivity contribution in [3.8, 4) is 5.75 Å². The summed E-state index contributed by atoms with van der Waals surface area (Å²) < 4.78 is 5.46. The van der Waals surface area contributed by atoms with Crippen LogP contribution in [-0.4, -0.2) is 17.2 Å². The van der Waals surface area contributed by atoms with Crippen molar-refractivity contribution in [2.75, 3.05) is 5.73 Å². The molecule has 1 aliphatic rings. The molecule has 1 aromatic rings. The van der Waals surface area contributed by atoms with E-state index in [0.717, 1.165) is 12.8 Å². The van der Waals surface area contributed by atoms with Crippen LogP contribution >= 0.6 is 0 Å². The largest absolute Gasteiger partial charge is 0.488 e. The molecule has 0 aromatic heterocycles. The highest BCUT2D eigenvalue weighted by Gasteiger charge is 2.24. The highest BCUT2D eigenvalue weighted by atomic mass is 16.5. The number of nitrogens with two attached hydrogens (primary N) is 1. The molecule has 14 heavy (non-hydrogen) atoms. The molecule has 0 radical (unpaired) electrons. The molecule has 1 fully saturated rings. The van der Waals surface area contributed by atoms with Crippen LogP contribution in [0.3, 0.4) is 0 Å². The van der Waals surface area contributed by atoms with Crippen molar-refractivity contribution in [2.45, 2.75) is 18.9 Å². The van der Waals surface area contributed by atoms with E-state index in [2.05, 4.69) is 0 Å². The minimum atomic E-state index is -0.967. The summed E-state index contributed by atoms with van der Waals surface area (Å²) in [6.45, 7) is 0. The molecule has 0 amide bonds. The topological polar surface area (TPSA) is 72.6 Å². The van der Waals surface area contributed by atoms with Crippen molar-refractivity contribution in [1.29, 1.82) is 0 Å². The molecule has 0 unspecified atom stereocenters. The minimum Gasteiger partial charge on any atom is -0.488 e. The molecule has 4 heteroatoms. The lowest BCUT2D eigenvalue weighted by Crippen LogP contribution is -2.03. The van der Waals surface area contributed by atoms with Crippen molar-refractivity contribution in [2.24, 2.45) is 0 Å². The molecule has 2 rings (SSSR count). The zero-order chi connectivity index (χ0) is 10.1. The molecule has 0 bridgehead atoms. The van der Waals surface area contributed by atoms with Gasteiger partial charge in [0, 0.05) is 0 Å². The van der Waals surface area contributed by atoms with Gasteiger partial charge in [0.2, 0.25) is 0 Å². The maximum Gasteiger partial charge on any atom is 0.335 e. The van der Waals surface area contributed by atoms with Crippen LogP contribution in [0.25, 0.3) is 0 Å². The van der Waals surface area contributed by atoms with Crippen molar-refractivity contribution in [3.05, 3.63) is 23.8 Å². The summed E-state index contributed by atoms with van der Waals surface area (Å²) in [6.07, 6.45) is 2.27. The normalized spacial score (nSPS) is 15.1. The van der Waals surface area contributed by atoms with Gasteiger partial charge in [-0.25, -0.2) is 4.79 Å². The maximum atomic E-state index is 10.7. The molecule has 1 aliphatic carbocycles. The number of hydrogen-bond donors (Lipinski definition) is 2. The molecule has 3 N–H and O–H groups in total. The van der Waals surface area contributed by atoms with E-state index >= 15 is 0 Å². The van der Waals surface area contributed by atoms with Crippen LogP contribution in [0.5, 0.6) is 5.75 Å². The van der Waals surface area contributed by atoms with E-state index in [1.54, 1.807) is 6.07 Å². The van der Waals surface area contributed by atoms with Gasteiger partial charge in [-0.1, -0.05) is 0 Å². The van der Waals surface area contributed by atoms with E-state index < -0.39 is 5.97 Å². The molecule has 0 saturated heterocycles. The van der Waals surface area contributed by atoms with E-state index in [-0.39, 0.29) is 11.7 Å². The van der Waals surface area contributed by atoms with Gasteiger partial charge in [-0.2, -0.15) is 0 Å². The molecule has 0 heterocycles. The predicted octanol–water partition coefficient (Wildman–Crippen LogP) is 1.51. The van der Waals surface area contributed by atoms with Crippen LogP contribution in [0.15, 0.2) is 18.2 Å². The summed E-state index contributed by atoms with van der Waals surface area (Å²) in [4.78, 5) is 10.7. The first-order chi connectivity index (χ1) is 6.66. The van der Waals surface area contributed by atoms with Crippen molar-refractivity contribution in [1.82, 2.24) is 0 Å². The average molecular weight is 193 g/mol. The van der Waals surface area contributed by atoms with Crippen molar-refractivity contribution in [3.63, 3.8) is 0 Å². The van der Waals surface area contributed by atoms with Gasteiger partial charge in [-0.3, -0.25) is 0 Å². The highest BCUT2D eigenvalue weighted by molar-refractivity contribution is 5.89. The van der Waals surface area contributed by atoms with Crippen LogP contribution < -0.4 is 10.5 Å². The molecule has 1 aromatic carbocycles. The molecule has 0 aliphatic heterocycles. The lowest BCUT2D eigenvalue weighted by molar-refractivity contribution is 0.0696. The third kappa shape index (κ3) is 1.79. The molecule has 4 nitrogen and oxygen atoms in total. The van der Waals surface area contributed by atoms with Crippen molar-refractivity contribution < 1.29 is 14.6 Å². The van der Waals surface area contributed by atoms with Gasteiger partial charge in [-0.15, -0.1) is 0 Å². The molecule has 0 atom stereocenters. The third-order valence-electron chi connectivity index (χ3n) is 2.08. The Balaban J connectivity index is 2.26.